The van der Waals surface area contributed by atoms with Gasteiger partial charge in [0.2, 0.25) is 11.8 Å². The van der Waals surface area contributed by atoms with Gasteiger partial charge < -0.3 is 9.80 Å². The molecule has 2 rings (SSSR count). The number of hydrogen-bond donors (Lipinski definition) is 0. The molecule has 5 heteroatoms. The van der Waals surface area contributed by atoms with Crippen LogP contribution in [-0.2, 0) is 16.0 Å². The molecule has 2 amide bonds. The summed E-state index contributed by atoms with van der Waals surface area (Å²) >= 11 is 5.89. The Balaban J connectivity index is 1.81. The number of piperidine rings is 1. The molecule has 4 nitrogen and oxygen atoms in total. The Morgan fingerprint density at radius 2 is 1.96 bits per heavy atom. The molecule has 132 valence electrons. The van der Waals surface area contributed by atoms with Gasteiger partial charge in [0.05, 0.1) is 0 Å². The number of amides is 2. The van der Waals surface area contributed by atoms with E-state index in [4.69, 9.17) is 11.6 Å². The zero-order valence-corrected chi connectivity index (χ0v) is 15.4. The topological polar surface area (TPSA) is 40.6 Å². The fourth-order valence-corrected chi connectivity index (χ4v) is 3.27. The van der Waals surface area contributed by atoms with E-state index in [1.165, 1.54) is 6.42 Å². The maximum atomic E-state index is 12.4. The summed E-state index contributed by atoms with van der Waals surface area (Å²) < 4.78 is 0. The average molecular weight is 351 g/mol. The van der Waals surface area contributed by atoms with E-state index in [1.807, 2.05) is 29.2 Å². The Hall–Kier alpha value is -1.55. The highest BCUT2D eigenvalue weighted by Gasteiger charge is 2.21. The Bertz CT molecular complexity index is 559. The highest BCUT2D eigenvalue weighted by atomic mass is 35.5. The summed E-state index contributed by atoms with van der Waals surface area (Å²) in [5, 5.41) is 0.712. The average Bonchev–Trinajstić information content (AvgIpc) is 2.56. The minimum Gasteiger partial charge on any atom is -0.342 e. The maximum absolute atomic E-state index is 12.4. The van der Waals surface area contributed by atoms with Crippen molar-refractivity contribution < 1.29 is 9.59 Å². The number of likely N-dealkylation sites (tertiary alicyclic amines) is 1. The first kappa shape index (κ1) is 18.8. The van der Waals surface area contributed by atoms with Crippen LogP contribution in [0, 0.1) is 5.92 Å². The Morgan fingerprint density at radius 3 is 2.58 bits per heavy atom. The molecule has 0 saturated carbocycles. The van der Waals surface area contributed by atoms with Crippen LogP contribution in [-0.4, -0.2) is 47.8 Å². The van der Waals surface area contributed by atoms with Gasteiger partial charge in [0.25, 0.3) is 0 Å². The molecule has 1 aromatic carbocycles. The second kappa shape index (κ2) is 9.07. The molecular weight excluding hydrogens is 324 g/mol. The third-order valence-electron chi connectivity index (χ3n) is 4.63. The van der Waals surface area contributed by atoms with Crippen LogP contribution in [0.25, 0.3) is 0 Å². The van der Waals surface area contributed by atoms with E-state index in [0.29, 0.717) is 30.5 Å². The molecule has 1 atom stereocenters. The van der Waals surface area contributed by atoms with E-state index in [9.17, 15) is 9.59 Å². The minimum atomic E-state index is 0.0174. The lowest BCUT2D eigenvalue weighted by Crippen LogP contribution is -2.41. The van der Waals surface area contributed by atoms with E-state index < -0.39 is 0 Å². The first-order chi connectivity index (χ1) is 11.5. The first-order valence-corrected chi connectivity index (χ1v) is 9.11. The summed E-state index contributed by atoms with van der Waals surface area (Å²) in [6.07, 6.45) is 3.46. The van der Waals surface area contributed by atoms with Crippen molar-refractivity contribution in [2.45, 2.75) is 39.5 Å². The third-order valence-corrected chi connectivity index (χ3v) is 4.89. The SMILES string of the molecule is CC(=O)N(CCC(=O)N1CCCC(C)C1)CCc1ccc(Cl)cc1. The molecule has 0 spiro atoms. The number of benzene rings is 1. The van der Waals surface area contributed by atoms with Crippen LogP contribution in [0.3, 0.4) is 0 Å². The largest absolute Gasteiger partial charge is 0.342 e. The predicted molar refractivity (Wildman–Crippen MR) is 97.0 cm³/mol. The highest BCUT2D eigenvalue weighted by molar-refractivity contribution is 6.30. The molecule has 0 radical (unpaired) electrons. The maximum Gasteiger partial charge on any atom is 0.224 e. The van der Waals surface area contributed by atoms with Gasteiger partial charge in [-0.1, -0.05) is 30.7 Å². The summed E-state index contributed by atoms with van der Waals surface area (Å²) in [6, 6.07) is 7.66. The number of rotatable bonds is 6. The zero-order chi connectivity index (χ0) is 17.5. The fraction of sp³-hybridized carbons (Fsp3) is 0.579. The standard InChI is InChI=1S/C19H27ClN2O2/c1-15-4-3-11-22(14-15)19(24)10-13-21(16(2)23)12-9-17-5-7-18(20)8-6-17/h5-8,15H,3-4,9-14H2,1-2H3. The van der Waals surface area contributed by atoms with Crippen molar-refractivity contribution >= 4 is 23.4 Å². The molecule has 1 unspecified atom stereocenters. The van der Waals surface area contributed by atoms with Gasteiger partial charge in [-0.3, -0.25) is 9.59 Å². The zero-order valence-electron chi connectivity index (χ0n) is 14.6. The molecule has 0 aromatic heterocycles. The van der Waals surface area contributed by atoms with Crippen LogP contribution >= 0.6 is 11.6 Å². The van der Waals surface area contributed by atoms with Crippen molar-refractivity contribution in [1.82, 2.24) is 9.80 Å². The van der Waals surface area contributed by atoms with Crippen molar-refractivity contribution in [2.75, 3.05) is 26.2 Å². The molecule has 1 aliphatic heterocycles. The predicted octanol–water partition coefficient (Wildman–Crippen LogP) is 3.38. The van der Waals surface area contributed by atoms with Gasteiger partial charge >= 0.3 is 0 Å². The second-order valence-electron chi connectivity index (χ2n) is 6.72. The normalized spacial score (nSPS) is 17.6. The molecule has 1 heterocycles. The number of carbonyl (C=O) groups is 2. The van der Waals surface area contributed by atoms with E-state index >= 15 is 0 Å². The smallest absolute Gasteiger partial charge is 0.224 e. The number of halogens is 1. The molecule has 1 aliphatic rings. The highest BCUT2D eigenvalue weighted by Crippen LogP contribution is 2.16. The van der Waals surface area contributed by atoms with Crippen molar-refractivity contribution in [3.63, 3.8) is 0 Å². The Kier molecular flexibility index (Phi) is 7.10. The van der Waals surface area contributed by atoms with Gasteiger partial charge in [-0.05, 0) is 42.9 Å². The van der Waals surface area contributed by atoms with Gasteiger partial charge in [0.15, 0.2) is 0 Å². The Labute approximate surface area is 149 Å². The monoisotopic (exact) mass is 350 g/mol. The van der Waals surface area contributed by atoms with E-state index in [-0.39, 0.29) is 11.8 Å². The van der Waals surface area contributed by atoms with Crippen molar-refractivity contribution in [3.8, 4) is 0 Å². The molecule has 24 heavy (non-hydrogen) atoms. The molecule has 1 aromatic rings. The lowest BCUT2D eigenvalue weighted by atomic mass is 10.00. The lowest BCUT2D eigenvalue weighted by Gasteiger charge is -2.31. The molecule has 0 bridgehead atoms. The molecular formula is C19H27ClN2O2. The van der Waals surface area contributed by atoms with Gasteiger partial charge in [0, 0.05) is 44.5 Å². The Morgan fingerprint density at radius 1 is 1.25 bits per heavy atom. The summed E-state index contributed by atoms with van der Waals surface area (Å²) in [6.45, 7) is 6.58. The van der Waals surface area contributed by atoms with Gasteiger partial charge in [-0.15, -0.1) is 0 Å². The summed E-state index contributed by atoms with van der Waals surface area (Å²) in [5.74, 6) is 0.764. The van der Waals surface area contributed by atoms with Crippen LogP contribution < -0.4 is 0 Å². The fourth-order valence-electron chi connectivity index (χ4n) is 3.15. The van der Waals surface area contributed by atoms with E-state index in [2.05, 4.69) is 6.92 Å². The van der Waals surface area contributed by atoms with Crippen molar-refractivity contribution in [1.29, 1.82) is 0 Å². The lowest BCUT2D eigenvalue weighted by molar-refractivity contribution is -0.134. The number of nitrogens with zero attached hydrogens (tertiary/aromatic N) is 2. The van der Waals surface area contributed by atoms with Crippen LogP contribution in [0.5, 0.6) is 0 Å². The van der Waals surface area contributed by atoms with Crippen LogP contribution in [0.15, 0.2) is 24.3 Å². The van der Waals surface area contributed by atoms with Gasteiger partial charge in [0.1, 0.15) is 0 Å². The van der Waals surface area contributed by atoms with E-state index in [1.54, 1.807) is 11.8 Å². The molecule has 1 saturated heterocycles. The molecule has 0 aliphatic carbocycles. The third kappa shape index (κ3) is 5.82. The quantitative estimate of drug-likeness (QED) is 0.789. The molecule has 1 fully saturated rings. The minimum absolute atomic E-state index is 0.0174. The summed E-state index contributed by atoms with van der Waals surface area (Å²) in [5.41, 5.74) is 1.14. The second-order valence-corrected chi connectivity index (χ2v) is 7.16. The van der Waals surface area contributed by atoms with Crippen molar-refractivity contribution in [2.24, 2.45) is 5.92 Å². The van der Waals surface area contributed by atoms with Crippen LogP contribution in [0.4, 0.5) is 0 Å². The van der Waals surface area contributed by atoms with Crippen LogP contribution in [0.2, 0.25) is 5.02 Å². The first-order valence-electron chi connectivity index (χ1n) is 8.73. The van der Waals surface area contributed by atoms with Crippen LogP contribution in [0.1, 0.15) is 38.7 Å². The molecule has 0 N–H and O–H groups in total. The van der Waals surface area contributed by atoms with Gasteiger partial charge in [-0.25, -0.2) is 0 Å². The van der Waals surface area contributed by atoms with Gasteiger partial charge in [-0.2, -0.15) is 0 Å². The summed E-state index contributed by atoms with van der Waals surface area (Å²) in [7, 11) is 0. The number of carbonyl (C=O) groups excluding carboxylic acids is 2. The number of hydrogen-bond acceptors (Lipinski definition) is 2. The summed E-state index contributed by atoms with van der Waals surface area (Å²) in [4.78, 5) is 27.9. The van der Waals surface area contributed by atoms with E-state index in [0.717, 1.165) is 31.5 Å². The van der Waals surface area contributed by atoms with Crippen molar-refractivity contribution in [3.05, 3.63) is 34.9 Å².